The lowest BCUT2D eigenvalue weighted by molar-refractivity contribution is -0.121. The summed E-state index contributed by atoms with van der Waals surface area (Å²) in [6.07, 6.45) is 1.77. The van der Waals surface area contributed by atoms with Gasteiger partial charge in [0.1, 0.15) is 5.75 Å². The predicted molar refractivity (Wildman–Crippen MR) is 136 cm³/mol. The molecular weight excluding hydrogens is 526 g/mol. The summed E-state index contributed by atoms with van der Waals surface area (Å²) in [7, 11) is -3.47. The van der Waals surface area contributed by atoms with Crippen LogP contribution in [0.15, 0.2) is 70.0 Å². The number of nitrogens with one attached hydrogen (secondary N) is 2. The molecule has 0 spiro atoms. The van der Waals surface area contributed by atoms with Gasteiger partial charge in [-0.25, -0.2) is 8.42 Å². The highest BCUT2D eigenvalue weighted by Gasteiger charge is 2.26. The van der Waals surface area contributed by atoms with Crippen LogP contribution >= 0.6 is 28.1 Å². The number of halogens is 1. The summed E-state index contributed by atoms with van der Waals surface area (Å²) in [5, 5.41) is 7.58. The highest BCUT2D eigenvalue weighted by atomic mass is 79.9. The molecule has 0 atom stereocenters. The first-order valence-corrected chi connectivity index (χ1v) is 13.0. The van der Waals surface area contributed by atoms with Crippen molar-refractivity contribution in [2.75, 3.05) is 25.0 Å². The van der Waals surface area contributed by atoms with Gasteiger partial charge in [0, 0.05) is 18.8 Å². The zero-order chi connectivity index (χ0) is 23.4. The molecule has 0 saturated carbocycles. The number of thiocarbonyl (C=S) groups is 1. The minimum atomic E-state index is -3.47. The highest BCUT2D eigenvalue weighted by Crippen LogP contribution is 2.33. The average molecular weight is 548 g/mol. The SMILES string of the molecule is O=C(COc1ccc2ccccc2c1Br)NC(=S)Nc1ccc(S(=O)(=O)N2CCCC2)cc1. The van der Waals surface area contributed by atoms with E-state index in [1.54, 1.807) is 18.2 Å². The molecule has 1 aliphatic heterocycles. The number of ether oxygens (including phenoxy) is 1. The largest absolute Gasteiger partial charge is 0.483 e. The van der Waals surface area contributed by atoms with Gasteiger partial charge < -0.3 is 10.1 Å². The van der Waals surface area contributed by atoms with Gasteiger partial charge in [0.05, 0.1) is 9.37 Å². The third-order valence-corrected chi connectivity index (χ3v) is 8.19. The second kappa shape index (κ2) is 10.2. The van der Waals surface area contributed by atoms with E-state index in [9.17, 15) is 13.2 Å². The van der Waals surface area contributed by atoms with Gasteiger partial charge in [0.25, 0.3) is 5.91 Å². The van der Waals surface area contributed by atoms with Crippen molar-refractivity contribution in [3.63, 3.8) is 0 Å². The first-order chi connectivity index (χ1) is 15.8. The van der Waals surface area contributed by atoms with Crippen LogP contribution in [0, 0.1) is 0 Å². The quantitative estimate of drug-likeness (QED) is 0.448. The smallest absolute Gasteiger partial charge is 0.264 e. The molecule has 0 bridgehead atoms. The van der Waals surface area contributed by atoms with Gasteiger partial charge in [-0.05, 0) is 82.1 Å². The summed E-state index contributed by atoms with van der Waals surface area (Å²) in [5.41, 5.74) is 0.568. The monoisotopic (exact) mass is 547 g/mol. The third-order valence-electron chi connectivity index (χ3n) is 5.25. The summed E-state index contributed by atoms with van der Waals surface area (Å²) >= 11 is 8.72. The van der Waals surface area contributed by atoms with Crippen molar-refractivity contribution in [2.24, 2.45) is 0 Å². The third kappa shape index (κ3) is 5.52. The van der Waals surface area contributed by atoms with Crippen molar-refractivity contribution < 1.29 is 17.9 Å². The van der Waals surface area contributed by atoms with E-state index in [-0.39, 0.29) is 16.6 Å². The van der Waals surface area contributed by atoms with E-state index in [4.69, 9.17) is 17.0 Å². The topological polar surface area (TPSA) is 87.7 Å². The van der Waals surface area contributed by atoms with Gasteiger partial charge in [-0.2, -0.15) is 4.31 Å². The molecule has 3 aromatic carbocycles. The van der Waals surface area contributed by atoms with Gasteiger partial charge >= 0.3 is 0 Å². The minimum absolute atomic E-state index is 0.0938. The number of hydrogen-bond acceptors (Lipinski definition) is 5. The Morgan fingerprint density at radius 2 is 1.73 bits per heavy atom. The Balaban J connectivity index is 1.30. The predicted octanol–water partition coefficient (Wildman–Crippen LogP) is 4.28. The molecule has 0 aliphatic carbocycles. The normalized spacial score (nSPS) is 14.2. The van der Waals surface area contributed by atoms with Crippen LogP contribution in [0.4, 0.5) is 5.69 Å². The highest BCUT2D eigenvalue weighted by molar-refractivity contribution is 9.10. The number of sulfonamides is 1. The molecule has 3 aromatic rings. The fourth-order valence-corrected chi connectivity index (χ4v) is 5.94. The maximum atomic E-state index is 12.6. The Morgan fingerprint density at radius 1 is 1.03 bits per heavy atom. The molecular formula is C23H22BrN3O4S2. The van der Waals surface area contributed by atoms with Crippen LogP contribution in [0.5, 0.6) is 5.75 Å². The molecule has 1 saturated heterocycles. The van der Waals surface area contributed by atoms with Crippen molar-refractivity contribution in [2.45, 2.75) is 17.7 Å². The lowest BCUT2D eigenvalue weighted by Crippen LogP contribution is -2.37. The molecule has 2 N–H and O–H groups in total. The summed E-state index contributed by atoms with van der Waals surface area (Å²) in [5.74, 6) is 0.137. The van der Waals surface area contributed by atoms with Crippen LogP contribution in [0.25, 0.3) is 10.8 Å². The molecule has 1 aliphatic rings. The lowest BCUT2D eigenvalue weighted by Gasteiger charge is -2.16. The van der Waals surface area contributed by atoms with Gasteiger partial charge in [-0.1, -0.05) is 30.3 Å². The molecule has 7 nitrogen and oxygen atoms in total. The maximum Gasteiger partial charge on any atom is 0.264 e. The second-order valence-corrected chi connectivity index (χ2v) is 10.7. The van der Waals surface area contributed by atoms with Crippen LogP contribution < -0.4 is 15.4 Å². The van der Waals surface area contributed by atoms with Crippen molar-refractivity contribution in [3.05, 3.63) is 65.1 Å². The van der Waals surface area contributed by atoms with E-state index in [1.165, 1.54) is 16.4 Å². The number of hydrogen-bond donors (Lipinski definition) is 2. The van der Waals surface area contributed by atoms with E-state index in [1.807, 2.05) is 30.3 Å². The first-order valence-electron chi connectivity index (χ1n) is 10.4. The molecule has 1 heterocycles. The molecule has 0 aromatic heterocycles. The van der Waals surface area contributed by atoms with E-state index < -0.39 is 15.9 Å². The summed E-state index contributed by atoms with van der Waals surface area (Å²) in [6, 6.07) is 17.9. The van der Waals surface area contributed by atoms with Crippen LogP contribution in [-0.2, 0) is 14.8 Å². The second-order valence-electron chi connectivity index (χ2n) is 7.53. The van der Waals surface area contributed by atoms with Gasteiger partial charge in [0.15, 0.2) is 11.7 Å². The van der Waals surface area contributed by atoms with Crippen LogP contribution in [0.1, 0.15) is 12.8 Å². The van der Waals surface area contributed by atoms with E-state index in [0.29, 0.717) is 24.5 Å². The minimum Gasteiger partial charge on any atom is -0.483 e. The number of benzene rings is 3. The van der Waals surface area contributed by atoms with Gasteiger partial charge in [-0.3, -0.25) is 10.1 Å². The molecule has 0 unspecified atom stereocenters. The van der Waals surface area contributed by atoms with Crippen molar-refractivity contribution >= 4 is 65.7 Å². The number of fused-ring (bicyclic) bond motifs is 1. The van der Waals surface area contributed by atoms with Crippen LogP contribution in [-0.4, -0.2) is 43.4 Å². The number of amides is 1. The van der Waals surface area contributed by atoms with Crippen LogP contribution in [0.3, 0.4) is 0 Å². The fourth-order valence-electron chi connectivity index (χ4n) is 3.58. The Kier molecular flexibility index (Phi) is 7.28. The number of rotatable bonds is 6. The molecule has 1 fully saturated rings. The molecule has 0 radical (unpaired) electrons. The zero-order valence-electron chi connectivity index (χ0n) is 17.6. The van der Waals surface area contributed by atoms with Crippen LogP contribution in [0.2, 0.25) is 0 Å². The Labute approximate surface area is 206 Å². The first kappa shape index (κ1) is 23.6. The Bertz CT molecular complexity index is 1290. The summed E-state index contributed by atoms with van der Waals surface area (Å²) < 4.78 is 33.1. The van der Waals surface area contributed by atoms with Gasteiger partial charge in [-0.15, -0.1) is 0 Å². The van der Waals surface area contributed by atoms with Crippen molar-refractivity contribution in [1.82, 2.24) is 9.62 Å². The Morgan fingerprint density at radius 3 is 2.45 bits per heavy atom. The maximum absolute atomic E-state index is 12.6. The average Bonchev–Trinajstić information content (AvgIpc) is 3.35. The summed E-state index contributed by atoms with van der Waals surface area (Å²) in [4.78, 5) is 12.5. The molecule has 4 rings (SSSR count). The summed E-state index contributed by atoms with van der Waals surface area (Å²) in [6.45, 7) is 0.887. The van der Waals surface area contributed by atoms with Gasteiger partial charge in [0.2, 0.25) is 10.0 Å². The standard InChI is InChI=1S/C23H22BrN3O4S2/c24-22-19-6-2-1-5-16(19)7-12-20(22)31-15-21(28)26-23(32)25-17-8-10-18(11-9-17)33(29,30)27-13-3-4-14-27/h1-2,5-12H,3-4,13-15H2,(H2,25,26,28,32). The number of carbonyl (C=O) groups is 1. The number of anilines is 1. The number of carbonyl (C=O) groups excluding carboxylic acids is 1. The zero-order valence-corrected chi connectivity index (χ0v) is 20.8. The molecule has 33 heavy (non-hydrogen) atoms. The fraction of sp³-hybridized carbons (Fsp3) is 0.217. The van der Waals surface area contributed by atoms with E-state index in [0.717, 1.165) is 28.1 Å². The van der Waals surface area contributed by atoms with E-state index >= 15 is 0 Å². The van der Waals surface area contributed by atoms with Crippen molar-refractivity contribution in [3.8, 4) is 5.75 Å². The molecule has 1 amide bonds. The molecule has 172 valence electrons. The lowest BCUT2D eigenvalue weighted by atomic mass is 10.1. The number of nitrogens with zero attached hydrogens (tertiary/aromatic N) is 1. The van der Waals surface area contributed by atoms with Crippen molar-refractivity contribution in [1.29, 1.82) is 0 Å². The Hall–Kier alpha value is -2.53. The molecule has 10 heteroatoms. The van der Waals surface area contributed by atoms with E-state index in [2.05, 4.69) is 26.6 Å².